The molecule has 4 N–H and O–H groups in total. The summed E-state index contributed by atoms with van der Waals surface area (Å²) < 4.78 is 5.68. The van der Waals surface area contributed by atoms with Crippen molar-refractivity contribution in [2.24, 2.45) is 5.73 Å². The molecule has 0 heterocycles. The fourth-order valence-electron chi connectivity index (χ4n) is 1.42. The third kappa shape index (κ3) is 3.90. The van der Waals surface area contributed by atoms with Gasteiger partial charge in [0.2, 0.25) is 0 Å². The van der Waals surface area contributed by atoms with Crippen LogP contribution >= 0.6 is 0 Å². The predicted molar refractivity (Wildman–Crippen MR) is 63.6 cm³/mol. The van der Waals surface area contributed by atoms with Crippen LogP contribution in [0.4, 0.5) is 0 Å². The highest BCUT2D eigenvalue weighted by molar-refractivity contribution is 5.77. The average Bonchev–Trinajstić information content (AvgIpc) is 2.28. The van der Waals surface area contributed by atoms with Gasteiger partial charge in [-0.05, 0) is 24.1 Å². The van der Waals surface area contributed by atoms with Crippen LogP contribution in [-0.2, 0) is 6.61 Å². The Hall–Kier alpha value is -1.55. The molecule has 1 unspecified atom stereocenters. The molecule has 1 rings (SSSR count). The van der Waals surface area contributed by atoms with Gasteiger partial charge in [-0.1, -0.05) is 19.1 Å². The van der Waals surface area contributed by atoms with Gasteiger partial charge in [-0.25, -0.2) is 0 Å². The summed E-state index contributed by atoms with van der Waals surface area (Å²) in [5.41, 5.74) is 6.16. The molecule has 1 aromatic rings. The number of nitrogens with one attached hydrogen (secondary N) is 1. The van der Waals surface area contributed by atoms with Crippen molar-refractivity contribution in [2.45, 2.75) is 32.5 Å². The molecule has 0 aliphatic carbocycles. The molecule has 1 atom stereocenters. The highest BCUT2D eigenvalue weighted by Crippen LogP contribution is 2.17. The van der Waals surface area contributed by atoms with Crippen LogP contribution in [0, 0.1) is 5.41 Å². The number of nitrogens with two attached hydrogens (primary N) is 1. The molecule has 88 valence electrons. The van der Waals surface area contributed by atoms with E-state index in [4.69, 9.17) is 21.0 Å². The summed E-state index contributed by atoms with van der Waals surface area (Å²) in [5.74, 6) is 0.838. The lowest BCUT2D eigenvalue weighted by Crippen LogP contribution is -2.23. The van der Waals surface area contributed by atoms with Crippen LogP contribution in [0.5, 0.6) is 5.75 Å². The van der Waals surface area contributed by atoms with Gasteiger partial charge in [0.1, 0.15) is 11.9 Å². The lowest BCUT2D eigenvalue weighted by Gasteiger charge is -2.17. The van der Waals surface area contributed by atoms with E-state index < -0.39 is 0 Å². The molecule has 0 saturated carbocycles. The topological polar surface area (TPSA) is 79.3 Å². The minimum atomic E-state index is -0.0774. The summed E-state index contributed by atoms with van der Waals surface area (Å²) in [5, 5.41) is 16.2. The maximum atomic E-state index is 8.99. The van der Waals surface area contributed by atoms with Crippen molar-refractivity contribution in [2.75, 3.05) is 0 Å². The number of aliphatic hydroxyl groups excluding tert-OH is 1. The fourth-order valence-corrected chi connectivity index (χ4v) is 1.42. The molecule has 0 saturated heterocycles. The Bertz CT molecular complexity index is 353. The number of hydrogen-bond acceptors (Lipinski definition) is 3. The Morgan fingerprint density at radius 2 is 2.31 bits per heavy atom. The maximum absolute atomic E-state index is 8.99. The highest BCUT2D eigenvalue weighted by atomic mass is 16.5. The molecule has 4 heteroatoms. The third-order valence-corrected chi connectivity index (χ3v) is 2.29. The Balaban J connectivity index is 2.65. The first-order valence-electron chi connectivity index (χ1n) is 5.35. The van der Waals surface area contributed by atoms with Gasteiger partial charge >= 0.3 is 0 Å². The van der Waals surface area contributed by atoms with Crippen molar-refractivity contribution < 1.29 is 9.84 Å². The van der Waals surface area contributed by atoms with Crippen LogP contribution < -0.4 is 10.5 Å². The molecule has 16 heavy (non-hydrogen) atoms. The summed E-state index contributed by atoms with van der Waals surface area (Å²) in [4.78, 5) is 0. The Kier molecular flexibility index (Phi) is 4.79. The molecular weight excluding hydrogens is 204 g/mol. The summed E-state index contributed by atoms with van der Waals surface area (Å²) in [6.07, 6.45) is 1.15. The van der Waals surface area contributed by atoms with Gasteiger partial charge in [0.25, 0.3) is 0 Å². The van der Waals surface area contributed by atoms with Gasteiger partial charge < -0.3 is 15.6 Å². The lowest BCUT2D eigenvalue weighted by molar-refractivity contribution is 0.203. The molecule has 0 aliphatic heterocycles. The molecule has 0 radical (unpaired) electrons. The van der Waals surface area contributed by atoms with Gasteiger partial charge in [0, 0.05) is 6.42 Å². The number of ether oxygens (including phenoxy) is 1. The molecular formula is C12H18N2O2. The molecule has 0 aliphatic rings. The van der Waals surface area contributed by atoms with Crippen molar-refractivity contribution in [3.8, 4) is 5.75 Å². The van der Waals surface area contributed by atoms with E-state index in [1.54, 1.807) is 6.07 Å². The number of rotatable bonds is 6. The second kappa shape index (κ2) is 6.12. The van der Waals surface area contributed by atoms with Crippen LogP contribution in [0.1, 0.15) is 25.3 Å². The van der Waals surface area contributed by atoms with Crippen molar-refractivity contribution in [3.63, 3.8) is 0 Å². The number of benzene rings is 1. The summed E-state index contributed by atoms with van der Waals surface area (Å²) in [7, 11) is 0. The van der Waals surface area contributed by atoms with E-state index in [2.05, 4.69) is 0 Å². The van der Waals surface area contributed by atoms with Gasteiger partial charge in [0.05, 0.1) is 12.4 Å². The zero-order valence-corrected chi connectivity index (χ0v) is 9.44. The normalized spacial score (nSPS) is 12.1. The summed E-state index contributed by atoms with van der Waals surface area (Å²) in [6, 6.07) is 7.30. The zero-order valence-electron chi connectivity index (χ0n) is 9.44. The second-order valence-electron chi connectivity index (χ2n) is 3.68. The van der Waals surface area contributed by atoms with E-state index in [0.717, 1.165) is 12.0 Å². The Labute approximate surface area is 95.6 Å². The van der Waals surface area contributed by atoms with Gasteiger partial charge in [-0.15, -0.1) is 0 Å². The van der Waals surface area contributed by atoms with Crippen LogP contribution in [0.2, 0.25) is 0 Å². The standard InChI is InChI=1S/C12H18N2O2/c1-2-10(7-12(13)14)16-11-5-3-4-9(6-11)8-15/h3-6,10,15H,2,7-8H2,1H3,(H3,13,14). The molecule has 0 bridgehead atoms. The van der Waals surface area contributed by atoms with E-state index in [-0.39, 0.29) is 18.5 Å². The first-order valence-corrected chi connectivity index (χ1v) is 5.35. The summed E-state index contributed by atoms with van der Waals surface area (Å²) in [6.45, 7) is 1.99. The molecule has 0 spiro atoms. The van der Waals surface area contributed by atoms with E-state index >= 15 is 0 Å². The maximum Gasteiger partial charge on any atom is 0.120 e. The molecule has 0 fully saturated rings. The predicted octanol–water partition coefficient (Wildman–Crippen LogP) is 1.66. The first kappa shape index (κ1) is 12.5. The number of hydrogen-bond donors (Lipinski definition) is 3. The quantitative estimate of drug-likeness (QED) is 0.506. The minimum Gasteiger partial charge on any atom is -0.490 e. The van der Waals surface area contributed by atoms with Crippen LogP contribution in [0.25, 0.3) is 0 Å². The average molecular weight is 222 g/mol. The lowest BCUT2D eigenvalue weighted by atomic mass is 10.2. The molecule has 0 aromatic heterocycles. The number of aliphatic hydroxyl groups is 1. The SMILES string of the molecule is CCC(CC(=N)N)Oc1cccc(CO)c1. The molecule has 0 amide bonds. The van der Waals surface area contributed by atoms with Crippen LogP contribution in [0.15, 0.2) is 24.3 Å². The molecule has 4 nitrogen and oxygen atoms in total. The first-order chi connectivity index (χ1) is 7.65. The van der Waals surface area contributed by atoms with Crippen molar-refractivity contribution in [1.82, 2.24) is 0 Å². The number of amidine groups is 1. The van der Waals surface area contributed by atoms with Crippen molar-refractivity contribution >= 4 is 5.84 Å². The smallest absolute Gasteiger partial charge is 0.120 e. The third-order valence-electron chi connectivity index (χ3n) is 2.29. The summed E-state index contributed by atoms with van der Waals surface area (Å²) >= 11 is 0. The minimum absolute atomic E-state index is 0.000694. The highest BCUT2D eigenvalue weighted by Gasteiger charge is 2.09. The van der Waals surface area contributed by atoms with E-state index in [0.29, 0.717) is 12.2 Å². The van der Waals surface area contributed by atoms with Crippen molar-refractivity contribution in [1.29, 1.82) is 5.41 Å². The van der Waals surface area contributed by atoms with Gasteiger partial charge in [-0.2, -0.15) is 0 Å². The largest absolute Gasteiger partial charge is 0.490 e. The van der Waals surface area contributed by atoms with E-state index in [9.17, 15) is 0 Å². The van der Waals surface area contributed by atoms with Crippen LogP contribution in [0.3, 0.4) is 0 Å². The monoisotopic (exact) mass is 222 g/mol. The fraction of sp³-hybridized carbons (Fsp3) is 0.417. The van der Waals surface area contributed by atoms with Crippen LogP contribution in [-0.4, -0.2) is 17.0 Å². The van der Waals surface area contributed by atoms with E-state index in [1.165, 1.54) is 0 Å². The van der Waals surface area contributed by atoms with Gasteiger partial charge in [0.15, 0.2) is 0 Å². The van der Waals surface area contributed by atoms with Crippen molar-refractivity contribution in [3.05, 3.63) is 29.8 Å². The van der Waals surface area contributed by atoms with Gasteiger partial charge in [-0.3, -0.25) is 5.41 Å². The second-order valence-corrected chi connectivity index (χ2v) is 3.68. The van der Waals surface area contributed by atoms with E-state index in [1.807, 2.05) is 25.1 Å². The Morgan fingerprint density at radius 3 is 2.88 bits per heavy atom. The molecule has 1 aromatic carbocycles. The zero-order chi connectivity index (χ0) is 12.0. The Morgan fingerprint density at radius 1 is 1.56 bits per heavy atom.